The summed E-state index contributed by atoms with van der Waals surface area (Å²) in [6, 6.07) is 8.62. The van der Waals surface area contributed by atoms with Gasteiger partial charge >= 0.3 is 0 Å². The summed E-state index contributed by atoms with van der Waals surface area (Å²) in [7, 11) is -3.19. The maximum atomic E-state index is 12.3. The molecule has 0 saturated carbocycles. The Balaban J connectivity index is 1.59. The van der Waals surface area contributed by atoms with Crippen LogP contribution in [-0.2, 0) is 16.4 Å². The van der Waals surface area contributed by atoms with Crippen molar-refractivity contribution in [3.8, 4) is 0 Å². The van der Waals surface area contributed by atoms with Crippen LogP contribution in [0.15, 0.2) is 41.6 Å². The fourth-order valence-corrected chi connectivity index (χ4v) is 4.51. The number of nitrogen functional groups attached to an aromatic ring is 1. The minimum Gasteiger partial charge on any atom is -0.382 e. The molecule has 0 saturated heterocycles. The van der Waals surface area contributed by atoms with Crippen LogP contribution < -0.4 is 5.73 Å². The number of benzene rings is 1. The normalized spacial score (nSPS) is 11.9. The molecule has 138 valence electrons. The van der Waals surface area contributed by atoms with E-state index in [0.717, 1.165) is 41.7 Å². The summed E-state index contributed by atoms with van der Waals surface area (Å²) < 4.78 is 26.6. The zero-order valence-corrected chi connectivity index (χ0v) is 16.0. The third-order valence-electron chi connectivity index (χ3n) is 4.68. The van der Waals surface area contributed by atoms with Crippen molar-refractivity contribution in [3.05, 3.63) is 47.9 Å². The lowest BCUT2D eigenvalue weighted by atomic mass is 10.2. The van der Waals surface area contributed by atoms with Gasteiger partial charge in [0.2, 0.25) is 0 Å². The fraction of sp³-hybridized carbons (Fsp3) is 0.368. The highest BCUT2D eigenvalue weighted by molar-refractivity contribution is 7.91. The van der Waals surface area contributed by atoms with Gasteiger partial charge in [-0.15, -0.1) is 0 Å². The lowest BCUT2D eigenvalue weighted by molar-refractivity contribution is 0.580. The highest BCUT2D eigenvalue weighted by Crippen LogP contribution is 2.24. The number of fused-ring (bicyclic) bond motifs is 1. The van der Waals surface area contributed by atoms with E-state index >= 15 is 0 Å². The van der Waals surface area contributed by atoms with Crippen molar-refractivity contribution in [1.82, 2.24) is 14.5 Å². The number of rotatable bonds is 7. The van der Waals surface area contributed by atoms with Crippen molar-refractivity contribution in [1.29, 1.82) is 0 Å². The number of sulfone groups is 1. The third-order valence-corrected chi connectivity index (χ3v) is 6.50. The smallest absolute Gasteiger partial charge is 0.178 e. The van der Waals surface area contributed by atoms with Gasteiger partial charge in [0.05, 0.1) is 22.5 Å². The van der Waals surface area contributed by atoms with Crippen molar-refractivity contribution in [3.63, 3.8) is 0 Å². The number of aryl methyl sites for hydroxylation is 3. The van der Waals surface area contributed by atoms with E-state index in [2.05, 4.69) is 14.5 Å². The lowest BCUT2D eigenvalue weighted by Gasteiger charge is -2.09. The molecule has 0 unspecified atom stereocenters. The molecule has 0 atom stereocenters. The van der Waals surface area contributed by atoms with Crippen LogP contribution in [0.3, 0.4) is 0 Å². The summed E-state index contributed by atoms with van der Waals surface area (Å²) in [5.41, 5.74) is 9.71. The second kappa shape index (κ2) is 7.45. The van der Waals surface area contributed by atoms with Gasteiger partial charge in [0.25, 0.3) is 0 Å². The standard InChI is InChI=1S/C19H24N4O2S/c1-14-15(2)22-19(20)17-18(14)23(13-21-17)11-7-4-8-12-26(24,25)16-9-5-3-6-10-16/h3,5-6,9-10,13H,4,7-8,11-12H2,1-2H3,(H2,20,22). The van der Waals surface area contributed by atoms with E-state index in [1.165, 1.54) is 0 Å². The number of anilines is 1. The highest BCUT2D eigenvalue weighted by atomic mass is 32.2. The fourth-order valence-electron chi connectivity index (χ4n) is 3.12. The average Bonchev–Trinajstić information content (AvgIpc) is 3.05. The quantitative estimate of drug-likeness (QED) is 0.643. The van der Waals surface area contributed by atoms with Gasteiger partial charge in [-0.05, 0) is 44.4 Å². The van der Waals surface area contributed by atoms with E-state index in [-0.39, 0.29) is 5.75 Å². The molecule has 0 radical (unpaired) electrons. The summed E-state index contributed by atoms with van der Waals surface area (Å²) in [5.74, 6) is 0.632. The van der Waals surface area contributed by atoms with Gasteiger partial charge in [0, 0.05) is 12.2 Å². The molecule has 0 fully saturated rings. The maximum Gasteiger partial charge on any atom is 0.178 e. The Morgan fingerprint density at radius 2 is 1.81 bits per heavy atom. The van der Waals surface area contributed by atoms with Crippen LogP contribution in [0, 0.1) is 13.8 Å². The number of imidazole rings is 1. The molecule has 6 nitrogen and oxygen atoms in total. The molecule has 0 aliphatic heterocycles. The van der Waals surface area contributed by atoms with Crippen LogP contribution in [0.2, 0.25) is 0 Å². The van der Waals surface area contributed by atoms with Crippen LogP contribution in [0.5, 0.6) is 0 Å². The Morgan fingerprint density at radius 3 is 2.54 bits per heavy atom. The molecule has 2 aromatic heterocycles. The third kappa shape index (κ3) is 3.72. The van der Waals surface area contributed by atoms with E-state index in [0.29, 0.717) is 17.1 Å². The number of nitrogens with two attached hydrogens (primary N) is 1. The summed E-state index contributed by atoms with van der Waals surface area (Å²) in [6.45, 7) is 4.75. The highest BCUT2D eigenvalue weighted by Gasteiger charge is 2.14. The second-order valence-corrected chi connectivity index (χ2v) is 8.64. The molecule has 0 amide bonds. The molecular formula is C19H24N4O2S. The van der Waals surface area contributed by atoms with Gasteiger partial charge in [-0.1, -0.05) is 24.6 Å². The Labute approximate surface area is 154 Å². The van der Waals surface area contributed by atoms with Gasteiger partial charge in [0.1, 0.15) is 5.52 Å². The van der Waals surface area contributed by atoms with E-state index < -0.39 is 9.84 Å². The molecule has 3 rings (SSSR count). The first-order chi connectivity index (χ1) is 12.4. The Morgan fingerprint density at radius 1 is 1.08 bits per heavy atom. The van der Waals surface area contributed by atoms with Crippen LogP contribution in [0.25, 0.3) is 11.0 Å². The van der Waals surface area contributed by atoms with E-state index in [1.807, 2.05) is 19.9 Å². The van der Waals surface area contributed by atoms with Crippen molar-refractivity contribution in [2.75, 3.05) is 11.5 Å². The maximum absolute atomic E-state index is 12.3. The molecule has 1 aromatic carbocycles. The predicted molar refractivity (Wildman–Crippen MR) is 104 cm³/mol. The van der Waals surface area contributed by atoms with Crippen molar-refractivity contribution in [2.24, 2.45) is 0 Å². The molecule has 3 aromatic rings. The molecule has 0 aliphatic carbocycles. The van der Waals surface area contributed by atoms with Gasteiger partial charge in [0.15, 0.2) is 15.7 Å². The lowest BCUT2D eigenvalue weighted by Crippen LogP contribution is -2.07. The van der Waals surface area contributed by atoms with Crippen molar-refractivity contribution < 1.29 is 8.42 Å². The first kappa shape index (κ1) is 18.4. The first-order valence-electron chi connectivity index (χ1n) is 8.75. The SMILES string of the molecule is Cc1nc(N)c2ncn(CCCCCS(=O)(=O)c3ccccc3)c2c1C. The van der Waals surface area contributed by atoms with E-state index in [4.69, 9.17) is 5.73 Å². The number of unbranched alkanes of at least 4 members (excludes halogenated alkanes) is 2. The van der Waals surface area contributed by atoms with Crippen LogP contribution in [0.4, 0.5) is 5.82 Å². The molecule has 0 bridgehead atoms. The zero-order valence-electron chi connectivity index (χ0n) is 15.1. The van der Waals surface area contributed by atoms with Crippen LogP contribution in [-0.4, -0.2) is 28.7 Å². The van der Waals surface area contributed by atoms with Gasteiger partial charge in [-0.2, -0.15) is 0 Å². The molecule has 2 N–H and O–H groups in total. The molecular weight excluding hydrogens is 348 g/mol. The van der Waals surface area contributed by atoms with E-state index in [9.17, 15) is 8.42 Å². The number of hydrogen-bond acceptors (Lipinski definition) is 5. The predicted octanol–water partition coefficient (Wildman–Crippen LogP) is 3.27. The summed E-state index contributed by atoms with van der Waals surface area (Å²) in [5, 5.41) is 0. The average molecular weight is 372 g/mol. The number of aromatic nitrogens is 3. The van der Waals surface area contributed by atoms with Crippen LogP contribution >= 0.6 is 0 Å². The summed E-state index contributed by atoms with van der Waals surface area (Å²) in [4.78, 5) is 9.09. The Kier molecular flexibility index (Phi) is 5.27. The van der Waals surface area contributed by atoms with Crippen molar-refractivity contribution in [2.45, 2.75) is 44.6 Å². The molecule has 0 aliphatic rings. The second-order valence-electron chi connectivity index (χ2n) is 6.54. The van der Waals surface area contributed by atoms with Gasteiger partial charge in [-0.25, -0.2) is 18.4 Å². The first-order valence-corrected chi connectivity index (χ1v) is 10.4. The summed E-state index contributed by atoms with van der Waals surface area (Å²) in [6.07, 6.45) is 4.15. The van der Waals surface area contributed by atoms with Gasteiger partial charge in [-0.3, -0.25) is 0 Å². The molecule has 0 spiro atoms. The van der Waals surface area contributed by atoms with Crippen molar-refractivity contribution >= 4 is 26.7 Å². The topological polar surface area (TPSA) is 90.9 Å². The molecule has 7 heteroatoms. The summed E-state index contributed by atoms with van der Waals surface area (Å²) >= 11 is 0. The molecule has 2 heterocycles. The minimum absolute atomic E-state index is 0.177. The largest absolute Gasteiger partial charge is 0.382 e. The van der Waals surface area contributed by atoms with E-state index in [1.54, 1.807) is 30.6 Å². The number of nitrogens with zero attached hydrogens (tertiary/aromatic N) is 3. The Bertz CT molecular complexity index is 1010. The van der Waals surface area contributed by atoms with Gasteiger partial charge < -0.3 is 10.3 Å². The Hall–Kier alpha value is -2.41. The van der Waals surface area contributed by atoms with Crippen LogP contribution in [0.1, 0.15) is 30.5 Å². The zero-order chi connectivity index (χ0) is 18.7. The number of pyridine rings is 1. The number of hydrogen-bond donors (Lipinski definition) is 1. The minimum atomic E-state index is -3.19. The molecule has 26 heavy (non-hydrogen) atoms. The monoisotopic (exact) mass is 372 g/mol.